The second-order valence-corrected chi connectivity index (χ2v) is 4.24. The molecule has 1 aliphatic heterocycles. The zero-order chi connectivity index (χ0) is 11.2. The van der Waals surface area contributed by atoms with Crippen molar-refractivity contribution >= 4 is 11.8 Å². The van der Waals surface area contributed by atoms with Crippen LogP contribution >= 0.6 is 11.8 Å². The van der Waals surface area contributed by atoms with Crippen LogP contribution in [0, 0.1) is 11.6 Å². The topological polar surface area (TPSA) is 12.9 Å². The normalized spacial score (nSPS) is 20.5. The fraction of sp³-hybridized carbons (Fsp3) is 0.375. The largest absolute Gasteiger partial charge is 0.422 e. The van der Waals surface area contributed by atoms with Gasteiger partial charge in [-0.05, 0) is 0 Å². The molecule has 0 bridgehead atoms. The van der Waals surface area contributed by atoms with E-state index in [0.29, 0.717) is 11.9 Å². The number of aromatic nitrogens is 1. The molecule has 1 unspecified atom stereocenters. The molecular formula is C8H4F5NS. The number of thioether (sulfide) groups is 1. The van der Waals surface area contributed by atoms with Crippen LogP contribution in [-0.2, 0) is 6.18 Å². The predicted octanol–water partition coefficient (Wildman–Crippen LogP) is 3.17. The molecule has 0 saturated carbocycles. The van der Waals surface area contributed by atoms with Crippen LogP contribution < -0.4 is 0 Å². The summed E-state index contributed by atoms with van der Waals surface area (Å²) >= 11 is 1.27. The van der Waals surface area contributed by atoms with E-state index in [1.165, 1.54) is 11.8 Å². The summed E-state index contributed by atoms with van der Waals surface area (Å²) < 4.78 is 62.8. The molecule has 1 aromatic rings. The van der Waals surface area contributed by atoms with E-state index >= 15 is 0 Å². The molecule has 2 heterocycles. The minimum atomic E-state index is -5.02. The Balaban J connectivity index is 2.56. The SMILES string of the molecule is Fc1cnc(C2CS2)c(F)c1C(F)(F)F. The summed E-state index contributed by atoms with van der Waals surface area (Å²) in [4.78, 5) is 3.34. The third kappa shape index (κ3) is 1.92. The average Bonchev–Trinajstić information content (AvgIpc) is 2.84. The van der Waals surface area contributed by atoms with Gasteiger partial charge in [-0.15, -0.1) is 11.8 Å². The van der Waals surface area contributed by atoms with E-state index in [-0.39, 0.29) is 10.9 Å². The first-order valence-electron chi connectivity index (χ1n) is 3.94. The molecule has 1 aliphatic rings. The second-order valence-electron chi connectivity index (χ2n) is 3.00. The van der Waals surface area contributed by atoms with Crippen LogP contribution in [-0.4, -0.2) is 10.7 Å². The Morgan fingerprint density at radius 1 is 1.33 bits per heavy atom. The summed E-state index contributed by atoms with van der Waals surface area (Å²) in [6.45, 7) is 0. The van der Waals surface area contributed by atoms with Gasteiger partial charge in [-0.3, -0.25) is 4.98 Å². The molecule has 0 spiro atoms. The Hall–Kier alpha value is -0.850. The van der Waals surface area contributed by atoms with E-state index < -0.39 is 23.4 Å². The summed E-state index contributed by atoms with van der Waals surface area (Å²) in [6.07, 6.45) is -4.61. The zero-order valence-electron chi connectivity index (χ0n) is 7.11. The summed E-state index contributed by atoms with van der Waals surface area (Å²) in [5, 5.41) is -0.369. The van der Waals surface area contributed by atoms with Crippen molar-refractivity contribution in [3.05, 3.63) is 29.1 Å². The van der Waals surface area contributed by atoms with E-state index in [2.05, 4.69) is 4.98 Å². The van der Waals surface area contributed by atoms with E-state index in [0.717, 1.165) is 0 Å². The lowest BCUT2D eigenvalue weighted by molar-refractivity contribution is -0.142. The standard InChI is InChI=1S/C8H4F5NS/c9-3-1-14-7(4-2-15-4)6(10)5(3)8(11,12)13/h1,4H,2H2. The van der Waals surface area contributed by atoms with Crippen molar-refractivity contribution < 1.29 is 22.0 Å². The molecule has 1 saturated heterocycles. The molecule has 0 aromatic carbocycles. The van der Waals surface area contributed by atoms with E-state index in [1.54, 1.807) is 0 Å². The summed E-state index contributed by atoms with van der Waals surface area (Å²) in [6, 6.07) is 0. The van der Waals surface area contributed by atoms with Gasteiger partial charge in [0, 0.05) is 5.75 Å². The lowest BCUT2D eigenvalue weighted by Crippen LogP contribution is -2.14. The monoisotopic (exact) mass is 241 g/mol. The number of nitrogens with zero attached hydrogens (tertiary/aromatic N) is 1. The number of alkyl halides is 3. The van der Waals surface area contributed by atoms with Crippen molar-refractivity contribution in [3.8, 4) is 0 Å². The Labute approximate surface area is 85.7 Å². The third-order valence-corrected chi connectivity index (χ3v) is 2.81. The van der Waals surface area contributed by atoms with Gasteiger partial charge in [0.25, 0.3) is 0 Å². The van der Waals surface area contributed by atoms with E-state index in [9.17, 15) is 22.0 Å². The third-order valence-electron chi connectivity index (χ3n) is 1.92. The first kappa shape index (κ1) is 10.7. The molecular weight excluding hydrogens is 237 g/mol. The van der Waals surface area contributed by atoms with Crippen molar-refractivity contribution in [2.45, 2.75) is 11.4 Å². The minimum absolute atomic E-state index is 0.311. The van der Waals surface area contributed by atoms with Crippen molar-refractivity contribution in [1.82, 2.24) is 4.98 Å². The van der Waals surface area contributed by atoms with E-state index in [1.807, 2.05) is 0 Å². The maximum atomic E-state index is 13.3. The molecule has 82 valence electrons. The summed E-state index contributed by atoms with van der Waals surface area (Å²) in [5.74, 6) is -2.74. The molecule has 15 heavy (non-hydrogen) atoms. The lowest BCUT2D eigenvalue weighted by atomic mass is 10.1. The first-order chi connectivity index (χ1) is 6.91. The summed E-state index contributed by atoms with van der Waals surface area (Å²) in [5.41, 5.74) is -2.16. The molecule has 1 atom stereocenters. The summed E-state index contributed by atoms with van der Waals surface area (Å²) in [7, 11) is 0. The lowest BCUT2D eigenvalue weighted by Gasteiger charge is -2.10. The highest BCUT2D eigenvalue weighted by molar-refractivity contribution is 8.06. The van der Waals surface area contributed by atoms with Crippen molar-refractivity contribution in [2.24, 2.45) is 0 Å². The maximum absolute atomic E-state index is 13.3. The van der Waals surface area contributed by atoms with Crippen LogP contribution in [0.15, 0.2) is 6.20 Å². The highest BCUT2D eigenvalue weighted by Crippen LogP contribution is 2.47. The Morgan fingerprint density at radius 2 is 1.93 bits per heavy atom. The van der Waals surface area contributed by atoms with Gasteiger partial charge in [0.15, 0.2) is 11.6 Å². The molecule has 1 nitrogen and oxygen atoms in total. The molecule has 0 amide bonds. The molecule has 0 radical (unpaired) electrons. The van der Waals surface area contributed by atoms with Crippen LogP contribution in [0.4, 0.5) is 22.0 Å². The van der Waals surface area contributed by atoms with Gasteiger partial charge < -0.3 is 0 Å². The Kier molecular flexibility index (Phi) is 2.37. The highest BCUT2D eigenvalue weighted by atomic mass is 32.2. The molecule has 2 rings (SSSR count). The van der Waals surface area contributed by atoms with Crippen LogP contribution in [0.5, 0.6) is 0 Å². The van der Waals surface area contributed by atoms with Gasteiger partial charge in [-0.1, -0.05) is 0 Å². The smallest absolute Gasteiger partial charge is 0.254 e. The molecule has 0 N–H and O–H groups in total. The van der Waals surface area contributed by atoms with Gasteiger partial charge in [-0.2, -0.15) is 13.2 Å². The van der Waals surface area contributed by atoms with Crippen LogP contribution in [0.2, 0.25) is 0 Å². The molecule has 1 aromatic heterocycles. The van der Waals surface area contributed by atoms with Crippen molar-refractivity contribution in [1.29, 1.82) is 0 Å². The predicted molar refractivity (Wildman–Crippen MR) is 44.4 cm³/mol. The second kappa shape index (κ2) is 3.33. The van der Waals surface area contributed by atoms with Gasteiger partial charge >= 0.3 is 6.18 Å². The minimum Gasteiger partial charge on any atom is -0.254 e. The van der Waals surface area contributed by atoms with Gasteiger partial charge in [0.1, 0.15) is 5.56 Å². The van der Waals surface area contributed by atoms with Gasteiger partial charge in [0.05, 0.1) is 17.1 Å². The Bertz CT molecular complexity index is 399. The number of halogens is 5. The fourth-order valence-electron chi connectivity index (χ4n) is 1.17. The van der Waals surface area contributed by atoms with Crippen molar-refractivity contribution in [2.75, 3.05) is 5.75 Å². The Morgan fingerprint density at radius 3 is 2.40 bits per heavy atom. The number of hydrogen-bond acceptors (Lipinski definition) is 2. The number of hydrogen-bond donors (Lipinski definition) is 0. The molecule has 7 heteroatoms. The average molecular weight is 241 g/mol. The molecule has 0 aliphatic carbocycles. The van der Waals surface area contributed by atoms with Crippen LogP contribution in [0.1, 0.15) is 16.5 Å². The highest BCUT2D eigenvalue weighted by Gasteiger charge is 2.41. The maximum Gasteiger partial charge on any atom is 0.422 e. The van der Waals surface area contributed by atoms with E-state index in [4.69, 9.17) is 0 Å². The van der Waals surface area contributed by atoms with Crippen molar-refractivity contribution in [3.63, 3.8) is 0 Å². The van der Waals surface area contributed by atoms with Crippen LogP contribution in [0.3, 0.4) is 0 Å². The number of pyridine rings is 1. The van der Waals surface area contributed by atoms with Gasteiger partial charge in [-0.25, -0.2) is 8.78 Å². The first-order valence-corrected chi connectivity index (χ1v) is 4.99. The van der Waals surface area contributed by atoms with Crippen LogP contribution in [0.25, 0.3) is 0 Å². The van der Waals surface area contributed by atoms with Gasteiger partial charge in [0.2, 0.25) is 0 Å². The quantitative estimate of drug-likeness (QED) is 0.553. The molecule has 1 fully saturated rings. The fourth-order valence-corrected chi connectivity index (χ4v) is 1.75. The zero-order valence-corrected chi connectivity index (χ0v) is 7.92. The number of rotatable bonds is 1.